The number of amides is 1. The molecule has 146 valence electrons. The molecule has 0 aliphatic carbocycles. The SMILES string of the molecule is CCC(C)NC(=O)CCNC(=NC)NCC(C)Oc1ccccc1OC. The molecule has 26 heavy (non-hydrogen) atoms. The molecule has 1 amide bonds. The summed E-state index contributed by atoms with van der Waals surface area (Å²) >= 11 is 0. The predicted octanol–water partition coefficient (Wildman–Crippen LogP) is 1.93. The van der Waals surface area contributed by atoms with Gasteiger partial charge in [-0.05, 0) is 32.4 Å². The van der Waals surface area contributed by atoms with Crippen molar-refractivity contribution in [1.82, 2.24) is 16.0 Å². The molecule has 7 nitrogen and oxygen atoms in total. The van der Waals surface area contributed by atoms with Crippen LogP contribution in [0, 0.1) is 0 Å². The second-order valence-corrected chi connectivity index (χ2v) is 6.09. The van der Waals surface area contributed by atoms with Gasteiger partial charge in [0, 0.05) is 26.1 Å². The van der Waals surface area contributed by atoms with Gasteiger partial charge in [-0.1, -0.05) is 19.1 Å². The van der Waals surface area contributed by atoms with Crippen LogP contribution in [-0.2, 0) is 4.79 Å². The maximum Gasteiger partial charge on any atom is 0.221 e. The van der Waals surface area contributed by atoms with E-state index in [-0.39, 0.29) is 18.1 Å². The van der Waals surface area contributed by atoms with Crippen LogP contribution in [0.2, 0.25) is 0 Å². The zero-order valence-corrected chi connectivity index (χ0v) is 16.5. The van der Waals surface area contributed by atoms with Gasteiger partial charge in [0.05, 0.1) is 13.7 Å². The zero-order valence-electron chi connectivity index (χ0n) is 16.5. The highest BCUT2D eigenvalue weighted by Gasteiger charge is 2.10. The number of aliphatic imine (C=N–C) groups is 1. The number of carbonyl (C=O) groups excluding carboxylic acids is 1. The van der Waals surface area contributed by atoms with Gasteiger partial charge in [0.1, 0.15) is 6.10 Å². The minimum Gasteiger partial charge on any atom is -0.493 e. The van der Waals surface area contributed by atoms with Gasteiger partial charge in [0.25, 0.3) is 0 Å². The average Bonchev–Trinajstić information content (AvgIpc) is 2.64. The molecule has 0 aliphatic rings. The maximum atomic E-state index is 11.8. The lowest BCUT2D eigenvalue weighted by Crippen LogP contribution is -2.43. The number of rotatable bonds is 10. The number of benzene rings is 1. The van der Waals surface area contributed by atoms with Gasteiger partial charge in [-0.25, -0.2) is 0 Å². The van der Waals surface area contributed by atoms with Gasteiger partial charge in [-0.15, -0.1) is 0 Å². The van der Waals surface area contributed by atoms with Crippen LogP contribution in [0.1, 0.15) is 33.6 Å². The van der Waals surface area contributed by atoms with Crippen LogP contribution < -0.4 is 25.4 Å². The van der Waals surface area contributed by atoms with Crippen molar-refractivity contribution in [1.29, 1.82) is 0 Å². The third-order valence-electron chi connectivity index (χ3n) is 3.84. The Labute approximate surface area is 156 Å². The van der Waals surface area contributed by atoms with E-state index in [4.69, 9.17) is 9.47 Å². The molecule has 3 N–H and O–H groups in total. The number of nitrogens with one attached hydrogen (secondary N) is 3. The molecule has 0 saturated heterocycles. The van der Waals surface area contributed by atoms with E-state index in [0.717, 1.165) is 6.42 Å². The fourth-order valence-corrected chi connectivity index (χ4v) is 2.18. The first-order chi connectivity index (χ1) is 12.5. The molecule has 2 atom stereocenters. The van der Waals surface area contributed by atoms with Crippen molar-refractivity contribution >= 4 is 11.9 Å². The minimum absolute atomic E-state index is 0.0372. The highest BCUT2D eigenvalue weighted by Crippen LogP contribution is 2.26. The Morgan fingerprint density at radius 2 is 1.88 bits per heavy atom. The summed E-state index contributed by atoms with van der Waals surface area (Å²) in [5.74, 6) is 2.08. The van der Waals surface area contributed by atoms with E-state index in [2.05, 4.69) is 20.9 Å². The Balaban J connectivity index is 2.34. The number of hydrogen-bond donors (Lipinski definition) is 3. The van der Waals surface area contributed by atoms with Crippen molar-refractivity contribution in [3.05, 3.63) is 24.3 Å². The van der Waals surface area contributed by atoms with E-state index in [0.29, 0.717) is 37.0 Å². The standard InChI is InChI=1S/C19H32N4O3/c1-6-14(2)23-18(24)11-12-21-19(20-4)22-13-15(3)26-17-10-8-7-9-16(17)25-5/h7-10,14-15H,6,11-13H2,1-5H3,(H,23,24)(H2,20,21,22). The van der Waals surface area contributed by atoms with Gasteiger partial charge in [0.2, 0.25) is 5.91 Å². The lowest BCUT2D eigenvalue weighted by atomic mass is 10.2. The molecule has 0 aliphatic heterocycles. The lowest BCUT2D eigenvalue weighted by molar-refractivity contribution is -0.121. The van der Waals surface area contributed by atoms with Crippen LogP contribution in [-0.4, -0.2) is 51.3 Å². The molecule has 2 unspecified atom stereocenters. The normalized spacial score (nSPS) is 13.5. The van der Waals surface area contributed by atoms with Crippen LogP contribution in [0.3, 0.4) is 0 Å². The largest absolute Gasteiger partial charge is 0.493 e. The van der Waals surface area contributed by atoms with Crippen molar-refractivity contribution in [3.8, 4) is 11.5 Å². The smallest absolute Gasteiger partial charge is 0.221 e. The monoisotopic (exact) mass is 364 g/mol. The second-order valence-electron chi connectivity index (χ2n) is 6.09. The van der Waals surface area contributed by atoms with Crippen LogP contribution in [0.4, 0.5) is 0 Å². The number of methoxy groups -OCH3 is 1. The highest BCUT2D eigenvalue weighted by molar-refractivity contribution is 5.81. The molecular weight excluding hydrogens is 332 g/mol. The van der Waals surface area contributed by atoms with Gasteiger partial charge < -0.3 is 25.4 Å². The van der Waals surface area contributed by atoms with Crippen LogP contribution in [0.5, 0.6) is 11.5 Å². The molecule has 0 fully saturated rings. The number of para-hydroxylation sites is 2. The molecule has 0 saturated carbocycles. The average molecular weight is 364 g/mol. The summed E-state index contributed by atoms with van der Waals surface area (Å²) in [5.41, 5.74) is 0. The fourth-order valence-electron chi connectivity index (χ4n) is 2.18. The molecule has 0 radical (unpaired) electrons. The van der Waals surface area contributed by atoms with E-state index in [1.165, 1.54) is 0 Å². The fraction of sp³-hybridized carbons (Fsp3) is 0.579. The summed E-state index contributed by atoms with van der Waals surface area (Å²) in [5, 5.41) is 9.26. The Bertz CT molecular complexity index is 578. The molecule has 0 bridgehead atoms. The summed E-state index contributed by atoms with van der Waals surface area (Å²) in [7, 11) is 3.31. The topological polar surface area (TPSA) is 84.0 Å². The van der Waals surface area contributed by atoms with E-state index < -0.39 is 0 Å². The van der Waals surface area contributed by atoms with Crippen molar-refractivity contribution in [2.75, 3.05) is 27.2 Å². The van der Waals surface area contributed by atoms with Gasteiger partial charge in [0.15, 0.2) is 17.5 Å². The van der Waals surface area contributed by atoms with Crippen molar-refractivity contribution in [2.45, 2.75) is 45.8 Å². The number of ether oxygens (including phenoxy) is 2. The molecule has 1 rings (SSSR count). The Hall–Kier alpha value is -2.44. The Kier molecular flexibility index (Phi) is 9.97. The molecule has 0 heterocycles. The van der Waals surface area contributed by atoms with E-state index in [1.807, 2.05) is 45.0 Å². The van der Waals surface area contributed by atoms with E-state index in [1.54, 1.807) is 14.2 Å². The van der Waals surface area contributed by atoms with Crippen LogP contribution in [0.25, 0.3) is 0 Å². The summed E-state index contributed by atoms with van der Waals surface area (Å²) in [4.78, 5) is 15.9. The molecule has 1 aromatic carbocycles. The Morgan fingerprint density at radius 3 is 2.50 bits per heavy atom. The van der Waals surface area contributed by atoms with Crippen molar-refractivity contribution < 1.29 is 14.3 Å². The summed E-state index contributed by atoms with van der Waals surface area (Å²) in [6.07, 6.45) is 1.24. The van der Waals surface area contributed by atoms with Gasteiger partial charge in [-0.2, -0.15) is 0 Å². The summed E-state index contributed by atoms with van der Waals surface area (Å²) in [6.45, 7) is 7.09. The first-order valence-electron chi connectivity index (χ1n) is 9.03. The second kappa shape index (κ2) is 12.0. The van der Waals surface area contributed by atoms with Crippen LogP contribution in [0.15, 0.2) is 29.3 Å². The highest BCUT2D eigenvalue weighted by atomic mass is 16.5. The Morgan fingerprint density at radius 1 is 1.19 bits per heavy atom. The van der Waals surface area contributed by atoms with Gasteiger partial charge >= 0.3 is 0 Å². The first kappa shape index (κ1) is 21.6. The maximum absolute atomic E-state index is 11.8. The quantitative estimate of drug-likeness (QED) is 0.436. The molecular formula is C19H32N4O3. The van der Waals surface area contributed by atoms with E-state index in [9.17, 15) is 4.79 Å². The molecule has 7 heteroatoms. The zero-order chi connectivity index (χ0) is 19.4. The summed E-state index contributed by atoms with van der Waals surface area (Å²) in [6, 6.07) is 7.74. The van der Waals surface area contributed by atoms with Gasteiger partial charge in [-0.3, -0.25) is 9.79 Å². The third kappa shape index (κ3) is 8.09. The predicted molar refractivity (Wildman–Crippen MR) is 105 cm³/mol. The first-order valence-corrected chi connectivity index (χ1v) is 9.03. The van der Waals surface area contributed by atoms with Crippen molar-refractivity contribution in [3.63, 3.8) is 0 Å². The molecule has 0 spiro atoms. The summed E-state index contributed by atoms with van der Waals surface area (Å²) < 4.78 is 11.2. The number of guanidine groups is 1. The third-order valence-corrected chi connectivity index (χ3v) is 3.84. The number of hydrogen-bond acceptors (Lipinski definition) is 4. The minimum atomic E-state index is -0.0847. The number of nitrogens with zero attached hydrogens (tertiary/aromatic N) is 1. The molecule has 1 aromatic rings. The van der Waals surface area contributed by atoms with Crippen molar-refractivity contribution in [2.24, 2.45) is 4.99 Å². The van der Waals surface area contributed by atoms with E-state index >= 15 is 0 Å². The lowest BCUT2D eigenvalue weighted by Gasteiger charge is -2.19. The van der Waals surface area contributed by atoms with Crippen LogP contribution >= 0.6 is 0 Å². The number of carbonyl (C=O) groups is 1. The molecule has 0 aromatic heterocycles.